The molecule has 0 aromatic heterocycles. The standard InChI is InChI=1S/C44H43N5O6/c45-43(54)46-24-12-13-28-18-23-34-33(27-28)44(42(53)47-34)35(40(51)48-25-10-2-1-3-11-26-48)37-41(52)55-38(30-16-8-5-9-17-30)36(29-14-6-4-7-15-29)49(37)39(44)31-19-21-32(50)22-20-31/h4-9,14-23,27,35-39,50H,1-3,10-11,24-26H2,(H,47,53)(H3,45,46,54)/t35-,36-,37-,38+,39+,44-/m0/s1. The quantitative estimate of drug-likeness (QED) is 0.156. The second kappa shape index (κ2) is 15.0. The van der Waals surface area contributed by atoms with Crippen molar-refractivity contribution < 1.29 is 29.0 Å². The van der Waals surface area contributed by atoms with Gasteiger partial charge in [0.2, 0.25) is 11.8 Å². The van der Waals surface area contributed by atoms with Crippen LogP contribution in [0.4, 0.5) is 10.5 Å². The molecular formula is C44H43N5O6. The second-order valence-corrected chi connectivity index (χ2v) is 14.7. The number of likely N-dealkylation sites (tertiary alicyclic amines) is 1. The number of amides is 4. The number of hydrogen-bond donors (Lipinski definition) is 4. The van der Waals surface area contributed by atoms with Crippen molar-refractivity contribution in [3.05, 3.63) is 131 Å². The van der Waals surface area contributed by atoms with Gasteiger partial charge in [0.25, 0.3) is 0 Å². The molecule has 8 rings (SSSR count). The Labute approximate surface area is 319 Å². The number of fused-ring (bicyclic) bond motifs is 3. The number of cyclic esters (lactones) is 1. The summed E-state index contributed by atoms with van der Waals surface area (Å²) in [6.45, 7) is 1.04. The number of phenolic OH excluding ortho intramolecular Hbond substituents is 1. The third-order valence-electron chi connectivity index (χ3n) is 11.5. The predicted octanol–water partition coefficient (Wildman–Crippen LogP) is 5.48. The first-order valence-corrected chi connectivity index (χ1v) is 18.9. The molecular weight excluding hydrogens is 695 g/mol. The number of hydrogen-bond acceptors (Lipinski definition) is 7. The summed E-state index contributed by atoms with van der Waals surface area (Å²) in [5, 5.41) is 16.1. The molecule has 4 aliphatic rings. The lowest BCUT2D eigenvalue weighted by atomic mass is 9.65. The first-order chi connectivity index (χ1) is 26.8. The number of esters is 1. The molecule has 0 bridgehead atoms. The Bertz CT molecular complexity index is 2160. The third kappa shape index (κ3) is 6.36. The molecule has 1 spiro atoms. The molecule has 0 saturated carbocycles. The summed E-state index contributed by atoms with van der Waals surface area (Å²) in [7, 11) is 0. The lowest BCUT2D eigenvalue weighted by Gasteiger charge is -2.46. The van der Waals surface area contributed by atoms with Gasteiger partial charge in [0.05, 0.1) is 24.5 Å². The Morgan fingerprint density at radius 2 is 1.49 bits per heavy atom. The van der Waals surface area contributed by atoms with Crippen LogP contribution in [0.1, 0.15) is 78.1 Å². The molecule has 11 heteroatoms. The number of benzene rings is 4. The molecule has 0 unspecified atom stereocenters. The van der Waals surface area contributed by atoms with Crippen LogP contribution in [0.5, 0.6) is 5.75 Å². The number of phenols is 1. The number of urea groups is 1. The van der Waals surface area contributed by atoms with Crippen LogP contribution < -0.4 is 16.4 Å². The first-order valence-electron chi connectivity index (χ1n) is 18.9. The van der Waals surface area contributed by atoms with Crippen molar-refractivity contribution >= 4 is 29.5 Å². The molecule has 0 aliphatic carbocycles. The highest BCUT2D eigenvalue weighted by atomic mass is 16.6. The number of primary amides is 1. The minimum atomic E-state index is -1.64. The number of nitrogens with zero attached hydrogens (tertiary/aromatic N) is 2. The largest absolute Gasteiger partial charge is 0.508 e. The number of ether oxygens (including phenoxy) is 1. The molecule has 4 amide bonds. The van der Waals surface area contributed by atoms with Crippen LogP contribution in [0.3, 0.4) is 0 Å². The Morgan fingerprint density at radius 1 is 0.836 bits per heavy atom. The molecule has 4 aromatic rings. The molecule has 4 heterocycles. The van der Waals surface area contributed by atoms with Crippen LogP contribution in [0.25, 0.3) is 0 Å². The van der Waals surface area contributed by atoms with Crippen molar-refractivity contribution in [3.63, 3.8) is 0 Å². The summed E-state index contributed by atoms with van der Waals surface area (Å²) in [6.07, 6.45) is 3.91. The van der Waals surface area contributed by atoms with Gasteiger partial charge < -0.3 is 31.1 Å². The maximum absolute atomic E-state index is 15.6. The topological polar surface area (TPSA) is 154 Å². The molecule has 4 aliphatic heterocycles. The lowest BCUT2D eigenvalue weighted by Crippen LogP contribution is -2.55. The number of nitrogens with one attached hydrogen (secondary N) is 2. The summed E-state index contributed by atoms with van der Waals surface area (Å²) >= 11 is 0. The fraction of sp³-hybridized carbons (Fsp3) is 0.318. The van der Waals surface area contributed by atoms with Gasteiger partial charge in [0, 0.05) is 24.3 Å². The minimum Gasteiger partial charge on any atom is -0.508 e. The average molecular weight is 738 g/mol. The Kier molecular flexibility index (Phi) is 9.76. The Balaban J connectivity index is 1.41. The Morgan fingerprint density at radius 3 is 2.16 bits per heavy atom. The van der Waals surface area contributed by atoms with Crippen molar-refractivity contribution in [2.45, 2.75) is 61.7 Å². The molecule has 3 fully saturated rings. The number of aromatic hydroxyl groups is 1. The van der Waals surface area contributed by atoms with Gasteiger partial charge in [-0.1, -0.05) is 104 Å². The van der Waals surface area contributed by atoms with Gasteiger partial charge in [-0.15, -0.1) is 0 Å². The van der Waals surface area contributed by atoms with Crippen molar-refractivity contribution in [2.24, 2.45) is 11.7 Å². The van der Waals surface area contributed by atoms with Gasteiger partial charge in [0.1, 0.15) is 23.3 Å². The van der Waals surface area contributed by atoms with Crippen LogP contribution in [-0.4, -0.2) is 64.4 Å². The van der Waals surface area contributed by atoms with Crippen LogP contribution in [-0.2, 0) is 24.5 Å². The smallest absolute Gasteiger partial charge is 0.324 e. The summed E-state index contributed by atoms with van der Waals surface area (Å²) in [5.74, 6) is 3.58. The van der Waals surface area contributed by atoms with E-state index in [1.807, 2.05) is 71.6 Å². The van der Waals surface area contributed by atoms with Gasteiger partial charge >= 0.3 is 12.0 Å². The number of morpholine rings is 1. The monoisotopic (exact) mass is 737 g/mol. The highest BCUT2D eigenvalue weighted by molar-refractivity contribution is 6.12. The van der Waals surface area contributed by atoms with E-state index in [0.717, 1.165) is 43.2 Å². The van der Waals surface area contributed by atoms with E-state index < -0.39 is 53.5 Å². The van der Waals surface area contributed by atoms with E-state index in [-0.39, 0.29) is 18.2 Å². The minimum absolute atomic E-state index is 0.0161. The number of anilines is 1. The fourth-order valence-corrected chi connectivity index (χ4v) is 9.25. The highest BCUT2D eigenvalue weighted by Crippen LogP contribution is 2.65. The summed E-state index contributed by atoms with van der Waals surface area (Å²) in [5.41, 5.74) is 7.51. The molecule has 6 atom stereocenters. The second-order valence-electron chi connectivity index (χ2n) is 14.7. The first kappa shape index (κ1) is 35.9. The Hall–Kier alpha value is -6.12. The molecule has 3 saturated heterocycles. The zero-order valence-electron chi connectivity index (χ0n) is 30.3. The van der Waals surface area contributed by atoms with Gasteiger partial charge in [-0.05, 0) is 65.4 Å². The highest BCUT2D eigenvalue weighted by Gasteiger charge is 2.74. The van der Waals surface area contributed by atoms with Gasteiger partial charge in [-0.2, -0.15) is 0 Å². The summed E-state index contributed by atoms with van der Waals surface area (Å²) in [6, 6.07) is 28.0. The number of carbonyl (C=O) groups excluding carboxylic acids is 4. The number of nitrogens with two attached hydrogens (primary N) is 1. The molecule has 280 valence electrons. The van der Waals surface area contributed by atoms with E-state index in [9.17, 15) is 14.7 Å². The summed E-state index contributed by atoms with van der Waals surface area (Å²) in [4.78, 5) is 61.1. The van der Waals surface area contributed by atoms with Gasteiger partial charge in [-0.25, -0.2) is 4.79 Å². The van der Waals surface area contributed by atoms with Crippen LogP contribution >= 0.6 is 0 Å². The predicted molar refractivity (Wildman–Crippen MR) is 205 cm³/mol. The van der Waals surface area contributed by atoms with E-state index >= 15 is 9.59 Å². The number of carbonyl (C=O) groups is 4. The van der Waals surface area contributed by atoms with Crippen molar-refractivity contribution in [3.8, 4) is 17.6 Å². The zero-order valence-corrected chi connectivity index (χ0v) is 30.3. The molecule has 0 radical (unpaired) electrons. The van der Waals surface area contributed by atoms with Crippen LogP contribution in [0, 0.1) is 17.8 Å². The van der Waals surface area contributed by atoms with Crippen LogP contribution in [0.2, 0.25) is 0 Å². The average Bonchev–Trinajstić information content (AvgIpc) is 3.65. The molecule has 4 aromatic carbocycles. The normalized spacial score (nSPS) is 26.0. The van der Waals surface area contributed by atoms with E-state index in [1.165, 1.54) is 0 Å². The van der Waals surface area contributed by atoms with E-state index in [0.29, 0.717) is 35.5 Å². The third-order valence-corrected chi connectivity index (χ3v) is 11.5. The van der Waals surface area contributed by atoms with E-state index in [4.69, 9.17) is 10.5 Å². The van der Waals surface area contributed by atoms with E-state index in [1.54, 1.807) is 36.4 Å². The van der Waals surface area contributed by atoms with Crippen molar-refractivity contribution in [1.29, 1.82) is 0 Å². The maximum Gasteiger partial charge on any atom is 0.324 e. The molecule has 11 nitrogen and oxygen atoms in total. The van der Waals surface area contributed by atoms with Gasteiger partial charge in [0.15, 0.2) is 0 Å². The van der Waals surface area contributed by atoms with Crippen molar-refractivity contribution in [1.82, 2.24) is 15.1 Å². The fourth-order valence-electron chi connectivity index (χ4n) is 9.25. The van der Waals surface area contributed by atoms with Gasteiger partial charge in [-0.3, -0.25) is 19.3 Å². The SMILES string of the molecule is NC(=O)NCC#Cc1ccc2c(c1)[C@]1(C(=O)N2)[C@H](C(=O)N2CCCCCCC2)[C@H]2C(=O)O[C@H](c3ccccc3)[C@H](c3ccccc3)N2[C@@H]1c1ccc(O)cc1. The summed E-state index contributed by atoms with van der Waals surface area (Å²) < 4.78 is 6.51. The molecule has 55 heavy (non-hydrogen) atoms. The maximum atomic E-state index is 15.6. The number of rotatable bonds is 5. The lowest BCUT2D eigenvalue weighted by molar-refractivity contribution is -0.179. The van der Waals surface area contributed by atoms with Crippen molar-refractivity contribution in [2.75, 3.05) is 25.0 Å². The molecule has 5 N–H and O–H groups in total. The van der Waals surface area contributed by atoms with Crippen LogP contribution in [0.15, 0.2) is 103 Å². The zero-order chi connectivity index (χ0) is 38.1. The van der Waals surface area contributed by atoms with E-state index in [2.05, 4.69) is 27.4 Å².